The van der Waals surface area contributed by atoms with E-state index in [1.807, 2.05) is 54.6 Å². The number of anilines is 2. The van der Waals surface area contributed by atoms with Crippen LogP contribution < -0.4 is 20.7 Å². The van der Waals surface area contributed by atoms with E-state index in [0.29, 0.717) is 16.7 Å². The van der Waals surface area contributed by atoms with Crippen molar-refractivity contribution < 1.29 is 38.1 Å². The van der Waals surface area contributed by atoms with Gasteiger partial charge in [-0.05, 0) is 37.8 Å². The number of carbonyl (C=O) groups is 1. The molecule has 3 aromatic carbocycles. The summed E-state index contributed by atoms with van der Waals surface area (Å²) >= 11 is 0. The van der Waals surface area contributed by atoms with Gasteiger partial charge in [-0.1, -0.05) is 66.7 Å². The minimum atomic E-state index is -4.42. The molecule has 0 aliphatic carbocycles. The average Bonchev–Trinajstić information content (AvgIpc) is 3.60. The van der Waals surface area contributed by atoms with Crippen LogP contribution in [-0.4, -0.2) is 73.2 Å². The van der Waals surface area contributed by atoms with E-state index in [9.17, 15) is 19.6 Å². The van der Waals surface area contributed by atoms with Gasteiger partial charge in [-0.2, -0.15) is 15.1 Å². The number of nitrogens with zero attached hydrogens (tertiary/aromatic N) is 4. The smallest absolute Gasteiger partial charge is 0.457 e. The van der Waals surface area contributed by atoms with Gasteiger partial charge < -0.3 is 35.3 Å². The second-order valence-corrected chi connectivity index (χ2v) is 13.6. The number of rotatable bonds is 12. The van der Waals surface area contributed by atoms with Gasteiger partial charge in [0, 0.05) is 12.4 Å². The normalized spacial score (nSPS) is 23.2. The first-order chi connectivity index (χ1) is 23.4. The number of nitrogens with one attached hydrogen (secondary N) is 2. The highest BCUT2D eigenvalue weighted by atomic mass is 31.2. The van der Waals surface area contributed by atoms with E-state index in [0.717, 1.165) is 10.9 Å². The summed E-state index contributed by atoms with van der Waals surface area (Å²) in [4.78, 5) is 25.9. The van der Waals surface area contributed by atoms with Crippen LogP contribution >= 0.6 is 7.75 Å². The second-order valence-electron chi connectivity index (χ2n) is 11.9. The Hall–Kier alpha value is -4.63. The molecule has 1 aliphatic rings. The number of carbonyl (C=O) groups excluding carboxylic acids is 1. The van der Waals surface area contributed by atoms with Gasteiger partial charge >= 0.3 is 13.7 Å². The summed E-state index contributed by atoms with van der Waals surface area (Å²) in [5, 5.41) is 29.7. The molecule has 0 bridgehead atoms. The topological polar surface area (TPSA) is 205 Å². The lowest BCUT2D eigenvalue weighted by molar-refractivity contribution is -0.150. The fourth-order valence-corrected chi connectivity index (χ4v) is 7.20. The van der Waals surface area contributed by atoms with Gasteiger partial charge in [-0.3, -0.25) is 13.9 Å². The number of hydrogen-bond donors (Lipinski definition) is 5. The van der Waals surface area contributed by atoms with Gasteiger partial charge in [-0.15, -0.1) is 0 Å². The van der Waals surface area contributed by atoms with Crippen molar-refractivity contribution in [1.29, 1.82) is 0 Å². The minimum Gasteiger partial charge on any atom is -0.457 e. The van der Waals surface area contributed by atoms with Gasteiger partial charge in [0.05, 0.1) is 12.9 Å². The van der Waals surface area contributed by atoms with E-state index in [-0.39, 0.29) is 17.3 Å². The molecule has 0 spiro atoms. The van der Waals surface area contributed by atoms with E-state index in [1.54, 1.807) is 32.2 Å². The van der Waals surface area contributed by atoms with Crippen LogP contribution in [0.1, 0.15) is 38.7 Å². The van der Waals surface area contributed by atoms with Gasteiger partial charge in [0.1, 0.15) is 35.7 Å². The molecule has 2 aromatic heterocycles. The Morgan fingerprint density at radius 1 is 1.10 bits per heavy atom. The summed E-state index contributed by atoms with van der Waals surface area (Å²) in [6, 6.07) is 20.6. The van der Waals surface area contributed by atoms with Crippen LogP contribution in [0.3, 0.4) is 0 Å². The number of esters is 1. The lowest BCUT2D eigenvalue weighted by atomic mass is 9.96. The summed E-state index contributed by atoms with van der Waals surface area (Å²) in [6.07, 6.45) is -3.15. The van der Waals surface area contributed by atoms with Gasteiger partial charge in [0.25, 0.3) is 0 Å². The van der Waals surface area contributed by atoms with Crippen LogP contribution in [0.15, 0.2) is 79.1 Å². The van der Waals surface area contributed by atoms with E-state index in [2.05, 4.69) is 25.4 Å². The fraction of sp³-hybridized carbons (Fsp3) is 0.333. The first-order valence-corrected chi connectivity index (χ1v) is 17.1. The summed E-state index contributed by atoms with van der Waals surface area (Å²) in [7, 11) is -2.77. The summed E-state index contributed by atoms with van der Waals surface area (Å²) < 4.78 is 39.6. The Labute approximate surface area is 282 Å². The number of aliphatic hydroxyl groups excluding tert-OH is 1. The van der Waals surface area contributed by atoms with Crippen LogP contribution in [-0.2, 0) is 23.4 Å². The third kappa shape index (κ3) is 6.95. The van der Waals surface area contributed by atoms with E-state index in [1.165, 1.54) is 24.7 Å². The number of aromatic nitrogens is 4. The van der Waals surface area contributed by atoms with Crippen LogP contribution in [0.2, 0.25) is 0 Å². The van der Waals surface area contributed by atoms with Gasteiger partial charge in [0.2, 0.25) is 5.95 Å². The monoisotopic (exact) mass is 691 g/mol. The minimum absolute atomic E-state index is 0.0416. The molecule has 6 rings (SSSR count). The third-order valence-electron chi connectivity index (χ3n) is 8.33. The van der Waals surface area contributed by atoms with Crippen molar-refractivity contribution in [2.45, 2.75) is 57.0 Å². The van der Waals surface area contributed by atoms with Crippen molar-refractivity contribution in [1.82, 2.24) is 24.6 Å². The maximum atomic E-state index is 14.5. The van der Waals surface area contributed by atoms with Crippen LogP contribution in [0.25, 0.3) is 21.9 Å². The lowest BCUT2D eigenvalue weighted by Gasteiger charge is -2.27. The van der Waals surface area contributed by atoms with Crippen molar-refractivity contribution >= 4 is 47.4 Å². The molecule has 5 aromatic rings. The van der Waals surface area contributed by atoms with E-state index >= 15 is 0 Å². The Kier molecular flexibility index (Phi) is 9.58. The Balaban J connectivity index is 1.25. The highest BCUT2D eigenvalue weighted by Crippen LogP contribution is 2.48. The molecule has 258 valence electrons. The second kappa shape index (κ2) is 13.7. The van der Waals surface area contributed by atoms with E-state index in [4.69, 9.17) is 24.3 Å². The summed E-state index contributed by atoms with van der Waals surface area (Å²) in [5.41, 5.74) is 5.41. The molecule has 7 atom stereocenters. The molecule has 0 amide bonds. The Morgan fingerprint density at radius 2 is 1.82 bits per heavy atom. The van der Waals surface area contributed by atoms with Crippen LogP contribution in [0.4, 0.5) is 11.8 Å². The molecule has 0 saturated carbocycles. The molecule has 1 aliphatic heterocycles. The summed E-state index contributed by atoms with van der Waals surface area (Å²) in [6.45, 7) is 4.07. The summed E-state index contributed by atoms with van der Waals surface area (Å²) in [5.74, 6) is -0.147. The molecule has 3 heterocycles. The molecule has 1 saturated heterocycles. The molecule has 16 heteroatoms. The Morgan fingerprint density at radius 3 is 2.57 bits per heavy atom. The zero-order chi connectivity index (χ0) is 34.9. The van der Waals surface area contributed by atoms with Crippen molar-refractivity contribution in [3.8, 4) is 5.75 Å². The highest BCUT2D eigenvalue weighted by Gasteiger charge is 2.54. The number of hydrogen-bond acceptors (Lipinski definition) is 13. The predicted octanol–water partition coefficient (Wildman–Crippen LogP) is 4.10. The zero-order valence-electron chi connectivity index (χ0n) is 27.3. The maximum absolute atomic E-state index is 14.5. The van der Waals surface area contributed by atoms with E-state index < -0.39 is 56.5 Å². The quantitative estimate of drug-likeness (QED) is 0.0923. The van der Waals surface area contributed by atoms with Gasteiger partial charge in [0.15, 0.2) is 23.2 Å². The number of fused-ring (bicyclic) bond motifs is 2. The molecule has 3 unspecified atom stereocenters. The standard InChI is InChI=1S/C33H38N7O8P/c1-19(30(42)46-20(2)21-11-6-5-7-12-21)39-49(44,48-24-16-10-14-22-13-8-9-15-23(22)24)45-17-25-27(41)33(3,43)31(47-25)40-18-36-26-28(35-4)37-32(34)38-29(26)40/h5-16,18-20,25,27,31,41,43H,17H2,1-4H3,(H,39,44)(H3,34,35,37,38)/t19?,20-,25+,27+,31?,33+,49?/m0/s1. The molecule has 0 radical (unpaired) electrons. The van der Waals surface area contributed by atoms with Crippen LogP contribution in [0.5, 0.6) is 5.75 Å². The largest absolute Gasteiger partial charge is 0.459 e. The zero-order valence-corrected chi connectivity index (χ0v) is 28.2. The fourth-order valence-electron chi connectivity index (χ4n) is 5.68. The lowest BCUT2D eigenvalue weighted by Crippen LogP contribution is -2.44. The molecular formula is C33H38N7O8P. The van der Waals surface area contributed by atoms with Crippen molar-refractivity contribution in [2.24, 2.45) is 0 Å². The highest BCUT2D eigenvalue weighted by molar-refractivity contribution is 7.52. The number of imidazole rings is 1. The van der Waals surface area contributed by atoms with Crippen molar-refractivity contribution in [3.05, 3.63) is 84.7 Å². The molecule has 49 heavy (non-hydrogen) atoms. The third-order valence-corrected chi connectivity index (χ3v) is 9.96. The number of ether oxygens (including phenoxy) is 2. The van der Waals surface area contributed by atoms with Crippen molar-refractivity contribution in [2.75, 3.05) is 24.7 Å². The Bertz CT molecular complexity index is 2000. The first kappa shape index (κ1) is 34.2. The number of aliphatic hydroxyl groups is 2. The first-order valence-electron chi connectivity index (χ1n) is 15.6. The SMILES string of the molecule is CNc1nc(N)nc2c1ncn2C1O[C@H](COP(=O)(NC(C)C(=O)O[C@@H](C)c2ccccc2)Oc2cccc3ccccc23)[C@@H](O)[C@@]1(C)O. The number of nitrogens with two attached hydrogens (primary N) is 1. The molecule has 1 fully saturated rings. The van der Waals surface area contributed by atoms with Gasteiger partial charge in [-0.25, -0.2) is 9.55 Å². The average molecular weight is 692 g/mol. The molecular weight excluding hydrogens is 653 g/mol. The number of benzene rings is 3. The van der Waals surface area contributed by atoms with Crippen molar-refractivity contribution in [3.63, 3.8) is 0 Å². The maximum Gasteiger partial charge on any atom is 0.459 e. The molecule has 15 nitrogen and oxygen atoms in total. The predicted molar refractivity (Wildman–Crippen MR) is 182 cm³/mol. The number of nitrogen functional groups attached to an aromatic ring is 1. The van der Waals surface area contributed by atoms with Crippen LogP contribution in [0, 0.1) is 0 Å². The molecule has 6 N–H and O–H groups in total.